The fourth-order valence-electron chi connectivity index (χ4n) is 4.34. The van der Waals surface area contributed by atoms with Crippen LogP contribution < -0.4 is 5.32 Å². The molecule has 1 amide bonds. The van der Waals surface area contributed by atoms with Gasteiger partial charge in [0.25, 0.3) is 5.91 Å². The highest BCUT2D eigenvalue weighted by Gasteiger charge is 2.29. The second-order valence-corrected chi connectivity index (χ2v) is 8.30. The first-order chi connectivity index (χ1) is 14.5. The molecule has 1 aliphatic rings. The van der Waals surface area contributed by atoms with Crippen molar-refractivity contribution in [1.82, 2.24) is 14.9 Å². The number of carbonyl (C=O) groups is 1. The molecule has 1 saturated heterocycles. The third-order valence-corrected chi connectivity index (χ3v) is 6.32. The number of benzene rings is 1. The lowest BCUT2D eigenvalue weighted by Crippen LogP contribution is -2.43. The van der Waals surface area contributed by atoms with Gasteiger partial charge in [0, 0.05) is 35.6 Å². The standard InChI is InChI=1S/C25H30N4O/c1-5-19-10-6-7-14-29(19)25(30)21-15-26-24-20(13-12-17(3)27-24)23(21)28-22-11-8-9-16(2)18(22)4/h8-9,11-13,15,19H,5-7,10,14H2,1-4H3,(H,26,27,28). The Morgan fingerprint density at radius 2 is 2.00 bits per heavy atom. The number of likely N-dealkylation sites (tertiary alicyclic amines) is 1. The Hall–Kier alpha value is -2.95. The van der Waals surface area contributed by atoms with Crippen LogP contribution in [0, 0.1) is 20.8 Å². The molecule has 1 atom stereocenters. The lowest BCUT2D eigenvalue weighted by Gasteiger charge is -2.35. The number of fused-ring (bicyclic) bond motifs is 1. The number of nitrogens with one attached hydrogen (secondary N) is 1. The van der Waals surface area contributed by atoms with E-state index in [-0.39, 0.29) is 5.91 Å². The van der Waals surface area contributed by atoms with Crippen LogP contribution >= 0.6 is 0 Å². The predicted octanol–water partition coefficient (Wildman–Crippen LogP) is 5.70. The van der Waals surface area contributed by atoms with Crippen molar-refractivity contribution in [1.29, 1.82) is 0 Å². The third kappa shape index (κ3) is 3.76. The predicted molar refractivity (Wildman–Crippen MR) is 122 cm³/mol. The van der Waals surface area contributed by atoms with Gasteiger partial charge in [0.15, 0.2) is 5.65 Å². The Morgan fingerprint density at radius 3 is 2.80 bits per heavy atom. The van der Waals surface area contributed by atoms with Crippen molar-refractivity contribution in [3.8, 4) is 0 Å². The Kier molecular flexibility index (Phi) is 5.71. The monoisotopic (exact) mass is 402 g/mol. The van der Waals surface area contributed by atoms with Gasteiger partial charge >= 0.3 is 0 Å². The van der Waals surface area contributed by atoms with Crippen LogP contribution in [-0.2, 0) is 0 Å². The number of anilines is 2. The maximum absolute atomic E-state index is 13.7. The van der Waals surface area contributed by atoms with Crippen LogP contribution in [0.25, 0.3) is 11.0 Å². The Labute approximate surface area is 178 Å². The van der Waals surface area contributed by atoms with E-state index in [2.05, 4.69) is 48.2 Å². The highest BCUT2D eigenvalue weighted by atomic mass is 16.2. The van der Waals surface area contributed by atoms with Gasteiger partial charge in [-0.05, 0) is 75.8 Å². The van der Waals surface area contributed by atoms with Gasteiger partial charge in [0.2, 0.25) is 0 Å². The number of hydrogen-bond acceptors (Lipinski definition) is 4. The second kappa shape index (κ2) is 8.42. The zero-order valence-corrected chi connectivity index (χ0v) is 18.3. The van der Waals surface area contributed by atoms with Gasteiger partial charge in [-0.1, -0.05) is 19.1 Å². The number of hydrogen-bond donors (Lipinski definition) is 1. The summed E-state index contributed by atoms with van der Waals surface area (Å²) in [6.45, 7) is 9.13. The van der Waals surface area contributed by atoms with Crippen molar-refractivity contribution < 1.29 is 4.79 Å². The molecule has 2 aromatic heterocycles. The van der Waals surface area contributed by atoms with Gasteiger partial charge in [-0.25, -0.2) is 9.97 Å². The van der Waals surface area contributed by atoms with Gasteiger partial charge in [-0.3, -0.25) is 4.79 Å². The van der Waals surface area contributed by atoms with E-state index in [0.717, 1.165) is 48.3 Å². The molecule has 1 fully saturated rings. The number of pyridine rings is 2. The zero-order valence-electron chi connectivity index (χ0n) is 18.3. The van der Waals surface area contributed by atoms with Gasteiger partial charge in [0.05, 0.1) is 11.3 Å². The molecule has 3 heterocycles. The normalized spacial score (nSPS) is 16.7. The highest BCUT2D eigenvalue weighted by molar-refractivity contribution is 6.07. The highest BCUT2D eigenvalue weighted by Crippen LogP contribution is 2.33. The summed E-state index contributed by atoms with van der Waals surface area (Å²) in [6.07, 6.45) is 6.00. The van der Waals surface area contributed by atoms with Crippen LogP contribution in [0.15, 0.2) is 36.5 Å². The summed E-state index contributed by atoms with van der Waals surface area (Å²) < 4.78 is 0. The molecule has 1 aliphatic heterocycles. The van der Waals surface area contributed by atoms with Gasteiger partial charge in [-0.15, -0.1) is 0 Å². The summed E-state index contributed by atoms with van der Waals surface area (Å²) in [4.78, 5) is 24.9. The van der Waals surface area contributed by atoms with Crippen molar-refractivity contribution in [2.24, 2.45) is 0 Å². The smallest absolute Gasteiger partial charge is 0.257 e. The summed E-state index contributed by atoms with van der Waals surface area (Å²) in [5.41, 5.74) is 6.37. The van der Waals surface area contributed by atoms with Crippen molar-refractivity contribution >= 4 is 28.3 Å². The quantitative estimate of drug-likeness (QED) is 0.608. The molecule has 5 heteroatoms. The Morgan fingerprint density at radius 1 is 1.17 bits per heavy atom. The van der Waals surface area contributed by atoms with Gasteiger partial charge in [0.1, 0.15) is 0 Å². The van der Waals surface area contributed by atoms with Crippen LogP contribution in [0.3, 0.4) is 0 Å². The molecule has 156 valence electrons. The van der Waals surface area contributed by atoms with E-state index in [9.17, 15) is 4.79 Å². The number of piperidine rings is 1. The Bertz CT molecular complexity index is 1090. The molecule has 1 aromatic carbocycles. The first-order valence-corrected chi connectivity index (χ1v) is 10.9. The molecule has 0 bridgehead atoms. The average molecular weight is 403 g/mol. The van der Waals surface area contributed by atoms with Crippen molar-refractivity contribution in [2.75, 3.05) is 11.9 Å². The zero-order chi connectivity index (χ0) is 21.3. The summed E-state index contributed by atoms with van der Waals surface area (Å²) in [6, 6.07) is 10.5. The number of amides is 1. The first-order valence-electron chi connectivity index (χ1n) is 10.9. The molecule has 0 aliphatic carbocycles. The number of carbonyl (C=O) groups excluding carboxylic acids is 1. The molecule has 0 saturated carbocycles. The Balaban J connectivity index is 1.84. The molecular weight excluding hydrogens is 372 g/mol. The molecule has 5 nitrogen and oxygen atoms in total. The fourth-order valence-corrected chi connectivity index (χ4v) is 4.34. The van der Waals surface area contributed by atoms with Crippen LogP contribution in [-0.4, -0.2) is 33.4 Å². The minimum atomic E-state index is 0.0596. The van der Waals surface area contributed by atoms with Crippen LogP contribution in [0.4, 0.5) is 11.4 Å². The van der Waals surface area contributed by atoms with E-state index in [0.29, 0.717) is 17.3 Å². The largest absolute Gasteiger partial charge is 0.354 e. The van der Waals surface area contributed by atoms with E-state index in [1.54, 1.807) is 6.20 Å². The van der Waals surface area contributed by atoms with Crippen molar-refractivity contribution in [2.45, 2.75) is 59.4 Å². The van der Waals surface area contributed by atoms with E-state index in [4.69, 9.17) is 0 Å². The van der Waals surface area contributed by atoms with E-state index >= 15 is 0 Å². The third-order valence-electron chi connectivity index (χ3n) is 6.32. The lowest BCUT2D eigenvalue weighted by molar-refractivity contribution is 0.0609. The van der Waals surface area contributed by atoms with Crippen molar-refractivity contribution in [3.63, 3.8) is 0 Å². The fraction of sp³-hybridized carbons (Fsp3) is 0.400. The van der Waals surface area contributed by atoms with Crippen LogP contribution in [0.2, 0.25) is 0 Å². The number of nitrogens with zero attached hydrogens (tertiary/aromatic N) is 3. The van der Waals surface area contributed by atoms with Crippen LogP contribution in [0.1, 0.15) is 59.8 Å². The summed E-state index contributed by atoms with van der Waals surface area (Å²) in [5.74, 6) is 0.0596. The SMILES string of the molecule is CCC1CCCCN1C(=O)c1cnc2nc(C)ccc2c1Nc1cccc(C)c1C. The minimum Gasteiger partial charge on any atom is -0.354 e. The molecular formula is C25H30N4O. The average Bonchev–Trinajstić information content (AvgIpc) is 2.76. The second-order valence-electron chi connectivity index (χ2n) is 8.30. The van der Waals surface area contributed by atoms with Crippen molar-refractivity contribution in [3.05, 3.63) is 58.9 Å². The van der Waals surface area contributed by atoms with E-state index < -0.39 is 0 Å². The van der Waals surface area contributed by atoms with E-state index in [1.165, 1.54) is 17.5 Å². The van der Waals surface area contributed by atoms with Gasteiger partial charge in [-0.2, -0.15) is 0 Å². The molecule has 0 radical (unpaired) electrons. The number of rotatable bonds is 4. The molecule has 0 spiro atoms. The molecule has 30 heavy (non-hydrogen) atoms. The molecule has 1 unspecified atom stereocenters. The van der Waals surface area contributed by atoms with Gasteiger partial charge < -0.3 is 10.2 Å². The molecule has 4 rings (SSSR count). The first kappa shape index (κ1) is 20.3. The maximum Gasteiger partial charge on any atom is 0.257 e. The maximum atomic E-state index is 13.7. The number of aryl methyl sites for hydroxylation is 2. The number of aromatic nitrogens is 2. The summed E-state index contributed by atoms with van der Waals surface area (Å²) in [5, 5.41) is 4.44. The summed E-state index contributed by atoms with van der Waals surface area (Å²) >= 11 is 0. The lowest BCUT2D eigenvalue weighted by atomic mass is 9.98. The topological polar surface area (TPSA) is 58.1 Å². The molecule has 3 aromatic rings. The minimum absolute atomic E-state index is 0.0596. The molecule has 1 N–H and O–H groups in total. The van der Waals surface area contributed by atoms with E-state index in [1.807, 2.05) is 30.0 Å². The van der Waals surface area contributed by atoms with Crippen LogP contribution in [0.5, 0.6) is 0 Å². The summed E-state index contributed by atoms with van der Waals surface area (Å²) in [7, 11) is 0.